The maximum atomic E-state index is 12.0. The minimum absolute atomic E-state index is 0.156. The number of carbonyl (C=O) groups is 1. The Hall–Kier alpha value is -1.62. The van der Waals surface area contributed by atoms with Crippen LogP contribution in [0.2, 0.25) is 0 Å². The van der Waals surface area contributed by atoms with Gasteiger partial charge in [-0.2, -0.15) is 0 Å². The zero-order chi connectivity index (χ0) is 13.9. The Bertz CT molecular complexity index is 588. The minimum Gasteiger partial charge on any atom is -0.352 e. The molecule has 3 heterocycles. The van der Waals surface area contributed by atoms with Gasteiger partial charge in [-0.3, -0.25) is 4.79 Å². The smallest absolute Gasteiger partial charge is 0.220 e. The second-order valence-corrected chi connectivity index (χ2v) is 6.37. The van der Waals surface area contributed by atoms with Gasteiger partial charge in [-0.05, 0) is 31.2 Å². The number of aromatic nitrogens is 2. The Morgan fingerprint density at radius 2 is 2.50 bits per heavy atom. The number of amides is 1. The minimum atomic E-state index is 0.156. The van der Waals surface area contributed by atoms with Crippen molar-refractivity contribution in [3.63, 3.8) is 0 Å². The molecule has 5 heteroatoms. The molecule has 1 atom stereocenters. The lowest BCUT2D eigenvalue weighted by Crippen LogP contribution is -2.40. The molecule has 1 amide bonds. The summed E-state index contributed by atoms with van der Waals surface area (Å²) < 4.78 is 2.17. The number of hydrogen-bond acceptors (Lipinski definition) is 3. The third-order valence-electron chi connectivity index (χ3n) is 3.66. The summed E-state index contributed by atoms with van der Waals surface area (Å²) in [6.07, 6.45) is 5.42. The number of thiophene rings is 1. The molecule has 0 fully saturated rings. The molecule has 1 N–H and O–H groups in total. The van der Waals surface area contributed by atoms with E-state index >= 15 is 0 Å². The molecule has 0 spiro atoms. The Morgan fingerprint density at radius 3 is 3.30 bits per heavy atom. The molecule has 2 aromatic rings. The van der Waals surface area contributed by atoms with Crippen LogP contribution in [0.25, 0.3) is 0 Å². The van der Waals surface area contributed by atoms with Crippen LogP contribution in [0.3, 0.4) is 0 Å². The monoisotopic (exact) mass is 289 g/mol. The van der Waals surface area contributed by atoms with Crippen molar-refractivity contribution in [1.29, 1.82) is 0 Å². The van der Waals surface area contributed by atoms with E-state index in [4.69, 9.17) is 0 Å². The van der Waals surface area contributed by atoms with E-state index in [-0.39, 0.29) is 11.9 Å². The first-order valence-corrected chi connectivity index (χ1v) is 7.93. The second kappa shape index (κ2) is 5.79. The lowest BCUT2D eigenvalue weighted by molar-refractivity contribution is -0.121. The number of aryl methyl sites for hydroxylation is 3. The highest BCUT2D eigenvalue weighted by molar-refractivity contribution is 7.09. The van der Waals surface area contributed by atoms with Gasteiger partial charge in [0.2, 0.25) is 5.91 Å². The fourth-order valence-corrected chi connectivity index (χ4v) is 3.40. The van der Waals surface area contributed by atoms with Gasteiger partial charge in [-0.1, -0.05) is 6.07 Å². The average Bonchev–Trinajstić information content (AvgIpc) is 3.04. The van der Waals surface area contributed by atoms with Crippen molar-refractivity contribution >= 4 is 17.2 Å². The van der Waals surface area contributed by atoms with E-state index in [2.05, 4.69) is 32.5 Å². The number of carbonyl (C=O) groups excluding carboxylic acids is 1. The summed E-state index contributed by atoms with van der Waals surface area (Å²) in [6.45, 7) is 2.86. The molecule has 106 valence electrons. The van der Waals surface area contributed by atoms with E-state index in [0.717, 1.165) is 37.3 Å². The van der Waals surface area contributed by atoms with Crippen molar-refractivity contribution in [2.75, 3.05) is 0 Å². The molecule has 1 aliphatic rings. The number of rotatable bonds is 4. The van der Waals surface area contributed by atoms with Gasteiger partial charge in [0.05, 0.1) is 5.69 Å². The summed E-state index contributed by atoms with van der Waals surface area (Å²) in [5, 5.41) is 5.20. The predicted molar refractivity (Wildman–Crippen MR) is 79.9 cm³/mol. The first-order valence-electron chi connectivity index (χ1n) is 7.05. The number of nitrogens with one attached hydrogen (secondary N) is 1. The van der Waals surface area contributed by atoms with Gasteiger partial charge >= 0.3 is 0 Å². The summed E-state index contributed by atoms with van der Waals surface area (Å²) in [7, 11) is 0. The Morgan fingerprint density at radius 1 is 1.60 bits per heavy atom. The van der Waals surface area contributed by atoms with Crippen LogP contribution in [0, 0.1) is 6.92 Å². The molecule has 3 rings (SSSR count). The van der Waals surface area contributed by atoms with Gasteiger partial charge in [-0.15, -0.1) is 11.3 Å². The molecule has 0 saturated heterocycles. The molecule has 0 aliphatic carbocycles. The van der Waals surface area contributed by atoms with Gasteiger partial charge in [0.25, 0.3) is 0 Å². The van der Waals surface area contributed by atoms with Crippen molar-refractivity contribution in [2.24, 2.45) is 0 Å². The topological polar surface area (TPSA) is 46.9 Å². The molecule has 4 nitrogen and oxygen atoms in total. The highest BCUT2D eigenvalue weighted by Crippen LogP contribution is 2.15. The van der Waals surface area contributed by atoms with Crippen molar-refractivity contribution < 1.29 is 4.79 Å². The van der Waals surface area contributed by atoms with E-state index < -0.39 is 0 Å². The second-order valence-electron chi connectivity index (χ2n) is 5.33. The summed E-state index contributed by atoms with van der Waals surface area (Å²) in [5.41, 5.74) is 1.06. The number of hydrogen-bond donors (Lipinski definition) is 1. The quantitative estimate of drug-likeness (QED) is 0.939. The van der Waals surface area contributed by atoms with Gasteiger partial charge < -0.3 is 9.88 Å². The molecular formula is C15H19N3OS. The van der Waals surface area contributed by atoms with Crippen molar-refractivity contribution in [2.45, 2.75) is 45.2 Å². The van der Waals surface area contributed by atoms with E-state index in [0.29, 0.717) is 6.42 Å². The molecule has 0 aromatic carbocycles. The molecule has 0 saturated carbocycles. The molecule has 20 heavy (non-hydrogen) atoms. The van der Waals surface area contributed by atoms with Crippen LogP contribution < -0.4 is 5.32 Å². The van der Waals surface area contributed by atoms with E-state index in [9.17, 15) is 4.79 Å². The molecule has 1 unspecified atom stereocenters. The first kappa shape index (κ1) is 13.4. The first-order chi connectivity index (χ1) is 9.70. The molecule has 0 bridgehead atoms. The van der Waals surface area contributed by atoms with Gasteiger partial charge in [0, 0.05) is 36.5 Å². The van der Waals surface area contributed by atoms with Crippen LogP contribution in [0.1, 0.15) is 29.2 Å². The SMILES string of the molecule is Cc1cn2c(n1)CCC(NC(=O)CCc1cccs1)C2. The van der Waals surface area contributed by atoms with Crippen LogP contribution in [-0.4, -0.2) is 21.5 Å². The van der Waals surface area contributed by atoms with Gasteiger partial charge in [0.15, 0.2) is 0 Å². The van der Waals surface area contributed by atoms with E-state index in [1.54, 1.807) is 11.3 Å². The normalized spacial score (nSPS) is 17.8. The third-order valence-corrected chi connectivity index (χ3v) is 4.59. The lowest BCUT2D eigenvalue weighted by atomic mass is 10.1. The number of nitrogens with zero attached hydrogens (tertiary/aromatic N) is 2. The van der Waals surface area contributed by atoms with Crippen LogP contribution in [0.5, 0.6) is 0 Å². The molecule has 1 aliphatic heterocycles. The summed E-state index contributed by atoms with van der Waals surface area (Å²) in [5.74, 6) is 1.30. The fraction of sp³-hybridized carbons (Fsp3) is 0.467. The maximum Gasteiger partial charge on any atom is 0.220 e. The third kappa shape index (κ3) is 3.10. The molecule has 0 radical (unpaired) electrons. The maximum absolute atomic E-state index is 12.0. The van der Waals surface area contributed by atoms with Crippen LogP contribution in [-0.2, 0) is 24.2 Å². The fourth-order valence-electron chi connectivity index (χ4n) is 2.70. The summed E-state index contributed by atoms with van der Waals surface area (Å²) in [6, 6.07) is 4.35. The lowest BCUT2D eigenvalue weighted by Gasteiger charge is -2.24. The van der Waals surface area contributed by atoms with E-state index in [1.807, 2.05) is 13.0 Å². The summed E-state index contributed by atoms with van der Waals surface area (Å²) >= 11 is 1.71. The standard InChI is InChI=1S/C15H19N3OS/c1-11-9-18-10-12(4-6-14(18)16-11)17-15(19)7-5-13-3-2-8-20-13/h2-3,8-9,12H,4-7,10H2,1H3,(H,17,19). The zero-order valence-electron chi connectivity index (χ0n) is 11.6. The Balaban J connectivity index is 1.50. The van der Waals surface area contributed by atoms with Crippen molar-refractivity contribution in [1.82, 2.24) is 14.9 Å². The van der Waals surface area contributed by atoms with Crippen LogP contribution in [0.4, 0.5) is 0 Å². The number of fused-ring (bicyclic) bond motifs is 1. The number of imidazole rings is 1. The van der Waals surface area contributed by atoms with Crippen molar-refractivity contribution in [3.05, 3.63) is 40.1 Å². The van der Waals surface area contributed by atoms with Crippen molar-refractivity contribution in [3.8, 4) is 0 Å². The highest BCUT2D eigenvalue weighted by Gasteiger charge is 2.20. The Labute approximate surface area is 122 Å². The van der Waals surface area contributed by atoms with Crippen LogP contribution >= 0.6 is 11.3 Å². The van der Waals surface area contributed by atoms with Gasteiger partial charge in [-0.25, -0.2) is 4.98 Å². The summed E-state index contributed by atoms with van der Waals surface area (Å²) in [4.78, 5) is 17.8. The molecule has 2 aromatic heterocycles. The van der Waals surface area contributed by atoms with Gasteiger partial charge in [0.1, 0.15) is 5.82 Å². The Kier molecular flexibility index (Phi) is 3.87. The largest absolute Gasteiger partial charge is 0.352 e. The van der Waals surface area contributed by atoms with Crippen LogP contribution in [0.15, 0.2) is 23.7 Å². The molecular weight excluding hydrogens is 270 g/mol. The predicted octanol–water partition coefficient (Wildman–Crippen LogP) is 2.32. The highest BCUT2D eigenvalue weighted by atomic mass is 32.1. The zero-order valence-corrected chi connectivity index (χ0v) is 12.4. The average molecular weight is 289 g/mol. The van der Waals surface area contributed by atoms with E-state index in [1.165, 1.54) is 4.88 Å².